The fourth-order valence-corrected chi connectivity index (χ4v) is 0.732. The Kier molecular flexibility index (Phi) is 2.03. The van der Waals surface area contributed by atoms with E-state index in [9.17, 15) is 0 Å². The van der Waals surface area contributed by atoms with Gasteiger partial charge in [-0.3, -0.25) is 4.68 Å². The van der Waals surface area contributed by atoms with Crippen LogP contribution in [-0.4, -0.2) is 21.4 Å². The molecular weight excluding hydrogens is 130 g/mol. The van der Waals surface area contributed by atoms with Crippen LogP contribution in [0.1, 0.15) is 11.8 Å². The third kappa shape index (κ3) is 1.34. The number of aromatic nitrogens is 2. The largest absolute Gasteiger partial charge is 0.385 e. The van der Waals surface area contributed by atoms with Gasteiger partial charge in [-0.25, -0.2) is 0 Å². The summed E-state index contributed by atoms with van der Waals surface area (Å²) in [7, 11) is 1.80. The molecule has 1 heterocycles. The lowest BCUT2D eigenvalue weighted by atomic mass is 10.3. The van der Waals surface area contributed by atoms with E-state index in [1.807, 2.05) is 0 Å². The second-order valence-electron chi connectivity index (χ2n) is 2.17. The van der Waals surface area contributed by atoms with E-state index in [-0.39, 0.29) is 6.54 Å². The predicted molar refractivity (Wildman–Crippen MR) is 37.2 cm³/mol. The van der Waals surface area contributed by atoms with Crippen molar-refractivity contribution >= 4 is 0 Å². The van der Waals surface area contributed by atoms with Gasteiger partial charge in [-0.15, -0.1) is 0 Å². The first-order valence-corrected chi connectivity index (χ1v) is 3.11. The van der Waals surface area contributed by atoms with Crippen LogP contribution < -0.4 is 5.73 Å². The number of aliphatic hydroxyl groups is 1. The Hall–Kier alpha value is -0.870. The summed E-state index contributed by atoms with van der Waals surface area (Å²) in [4.78, 5) is 0. The second kappa shape index (κ2) is 2.81. The summed E-state index contributed by atoms with van der Waals surface area (Å²) in [6.07, 6.45) is 1.15. The molecule has 0 aromatic carbocycles. The third-order valence-corrected chi connectivity index (χ3v) is 1.30. The average Bonchev–Trinajstić information content (AvgIpc) is 2.34. The molecule has 1 atom stereocenters. The molecule has 0 unspecified atom stereocenters. The predicted octanol–water partition coefficient (Wildman–Crippen LogP) is -0.588. The van der Waals surface area contributed by atoms with E-state index in [4.69, 9.17) is 10.8 Å². The molecule has 10 heavy (non-hydrogen) atoms. The monoisotopic (exact) mass is 141 g/mol. The molecular formula is C6H11N3O. The fraction of sp³-hybridized carbons (Fsp3) is 0.500. The van der Waals surface area contributed by atoms with Crippen molar-refractivity contribution in [1.29, 1.82) is 0 Å². The molecule has 0 bridgehead atoms. The summed E-state index contributed by atoms with van der Waals surface area (Å²) < 4.78 is 1.63. The second-order valence-corrected chi connectivity index (χ2v) is 2.17. The topological polar surface area (TPSA) is 64.1 Å². The number of nitrogens with two attached hydrogens (primary N) is 1. The van der Waals surface area contributed by atoms with Gasteiger partial charge in [-0.05, 0) is 6.07 Å². The highest BCUT2D eigenvalue weighted by Crippen LogP contribution is 2.05. The molecule has 3 N–H and O–H groups in total. The smallest absolute Gasteiger partial charge is 0.110 e. The Balaban J connectivity index is 2.74. The zero-order valence-electron chi connectivity index (χ0n) is 5.86. The van der Waals surface area contributed by atoms with Crippen molar-refractivity contribution in [3.8, 4) is 0 Å². The van der Waals surface area contributed by atoms with Crippen molar-refractivity contribution in [1.82, 2.24) is 9.78 Å². The van der Waals surface area contributed by atoms with Crippen molar-refractivity contribution in [2.45, 2.75) is 6.10 Å². The van der Waals surface area contributed by atoms with Crippen LogP contribution in [0.3, 0.4) is 0 Å². The van der Waals surface area contributed by atoms with E-state index in [1.165, 1.54) is 0 Å². The van der Waals surface area contributed by atoms with Crippen LogP contribution in [0.25, 0.3) is 0 Å². The number of aliphatic hydroxyl groups excluding tert-OH is 1. The molecule has 0 saturated heterocycles. The first kappa shape index (κ1) is 7.24. The van der Waals surface area contributed by atoms with Gasteiger partial charge in [0.15, 0.2) is 0 Å². The van der Waals surface area contributed by atoms with Gasteiger partial charge < -0.3 is 10.8 Å². The van der Waals surface area contributed by atoms with Crippen LogP contribution in [0.4, 0.5) is 0 Å². The van der Waals surface area contributed by atoms with E-state index >= 15 is 0 Å². The summed E-state index contributed by atoms with van der Waals surface area (Å²) in [6.45, 7) is 0.219. The Morgan fingerprint density at radius 2 is 2.60 bits per heavy atom. The molecule has 1 aromatic rings. The maximum atomic E-state index is 9.14. The number of nitrogens with zero attached hydrogens (tertiary/aromatic N) is 2. The average molecular weight is 141 g/mol. The highest BCUT2D eigenvalue weighted by molar-refractivity contribution is 5.02. The van der Waals surface area contributed by atoms with Gasteiger partial charge in [0.05, 0.1) is 5.69 Å². The highest BCUT2D eigenvalue weighted by atomic mass is 16.3. The van der Waals surface area contributed by atoms with Crippen LogP contribution in [0, 0.1) is 0 Å². The Bertz CT molecular complexity index is 209. The van der Waals surface area contributed by atoms with Crippen LogP contribution in [-0.2, 0) is 7.05 Å². The van der Waals surface area contributed by atoms with Crippen LogP contribution in [0.5, 0.6) is 0 Å². The zero-order chi connectivity index (χ0) is 7.56. The van der Waals surface area contributed by atoms with E-state index in [0.717, 1.165) is 0 Å². The number of hydrogen-bond donors (Lipinski definition) is 2. The van der Waals surface area contributed by atoms with Crippen molar-refractivity contribution in [3.63, 3.8) is 0 Å². The molecule has 0 spiro atoms. The van der Waals surface area contributed by atoms with Gasteiger partial charge in [0.2, 0.25) is 0 Å². The van der Waals surface area contributed by atoms with Crippen molar-refractivity contribution < 1.29 is 5.11 Å². The lowest BCUT2D eigenvalue weighted by Crippen LogP contribution is -2.12. The van der Waals surface area contributed by atoms with Crippen molar-refractivity contribution in [2.75, 3.05) is 6.54 Å². The summed E-state index contributed by atoms with van der Waals surface area (Å²) in [5.74, 6) is 0. The van der Waals surface area contributed by atoms with Crippen molar-refractivity contribution in [2.24, 2.45) is 12.8 Å². The van der Waals surface area contributed by atoms with Crippen molar-refractivity contribution in [3.05, 3.63) is 18.0 Å². The van der Waals surface area contributed by atoms with E-state index in [0.29, 0.717) is 5.69 Å². The molecule has 56 valence electrons. The van der Waals surface area contributed by atoms with Gasteiger partial charge in [0.25, 0.3) is 0 Å². The summed E-state index contributed by atoms with van der Waals surface area (Å²) >= 11 is 0. The first-order valence-electron chi connectivity index (χ1n) is 3.11. The zero-order valence-corrected chi connectivity index (χ0v) is 5.86. The summed E-state index contributed by atoms with van der Waals surface area (Å²) in [5, 5.41) is 13.1. The van der Waals surface area contributed by atoms with Gasteiger partial charge in [0.1, 0.15) is 6.10 Å². The van der Waals surface area contributed by atoms with Crippen LogP contribution in [0.15, 0.2) is 12.3 Å². The molecule has 0 amide bonds. The number of rotatable bonds is 2. The summed E-state index contributed by atoms with van der Waals surface area (Å²) in [5.41, 5.74) is 5.84. The van der Waals surface area contributed by atoms with E-state index in [2.05, 4.69) is 5.10 Å². The minimum atomic E-state index is -0.624. The molecule has 1 aromatic heterocycles. The molecule has 4 heteroatoms. The molecule has 0 saturated carbocycles. The van der Waals surface area contributed by atoms with Gasteiger partial charge in [0, 0.05) is 19.8 Å². The highest BCUT2D eigenvalue weighted by Gasteiger charge is 2.06. The Morgan fingerprint density at radius 1 is 1.90 bits per heavy atom. The molecule has 0 aliphatic heterocycles. The van der Waals surface area contributed by atoms with Gasteiger partial charge in [-0.1, -0.05) is 0 Å². The molecule has 0 aliphatic rings. The molecule has 4 nitrogen and oxygen atoms in total. The lowest BCUT2D eigenvalue weighted by molar-refractivity contribution is 0.181. The first-order chi connectivity index (χ1) is 4.74. The standard InChI is InChI=1S/C6H11N3O/c1-9-3-2-5(8-9)6(10)4-7/h2-3,6,10H,4,7H2,1H3/t6-/m0/s1. The fourth-order valence-electron chi connectivity index (χ4n) is 0.732. The third-order valence-electron chi connectivity index (χ3n) is 1.30. The summed E-state index contributed by atoms with van der Waals surface area (Å²) in [6, 6.07) is 1.75. The minimum absolute atomic E-state index is 0.219. The molecule has 0 radical (unpaired) electrons. The molecule has 0 aliphatic carbocycles. The quantitative estimate of drug-likeness (QED) is 0.578. The number of hydrogen-bond acceptors (Lipinski definition) is 3. The normalized spacial score (nSPS) is 13.5. The maximum Gasteiger partial charge on any atom is 0.110 e. The van der Waals surface area contributed by atoms with Gasteiger partial charge in [-0.2, -0.15) is 5.10 Å². The Morgan fingerprint density at radius 3 is 3.00 bits per heavy atom. The van der Waals surface area contributed by atoms with Crippen LogP contribution >= 0.6 is 0 Å². The van der Waals surface area contributed by atoms with Gasteiger partial charge >= 0.3 is 0 Å². The number of aryl methyl sites for hydroxylation is 1. The van der Waals surface area contributed by atoms with E-state index < -0.39 is 6.10 Å². The SMILES string of the molecule is Cn1ccc([C@@H](O)CN)n1. The lowest BCUT2D eigenvalue weighted by Gasteiger charge is -2.00. The molecule has 1 rings (SSSR count). The van der Waals surface area contributed by atoms with E-state index in [1.54, 1.807) is 24.0 Å². The minimum Gasteiger partial charge on any atom is -0.385 e. The molecule has 0 fully saturated rings. The maximum absolute atomic E-state index is 9.14. The Labute approximate surface area is 59.3 Å². The van der Waals surface area contributed by atoms with Crippen LogP contribution in [0.2, 0.25) is 0 Å².